The SMILES string of the molecule is CC(C)C(=O)CCC(=O)N[C@@H](CCC(=O)O)C(=O)O. The summed E-state index contributed by atoms with van der Waals surface area (Å²) < 4.78 is 0. The van der Waals surface area contributed by atoms with Crippen molar-refractivity contribution in [3.05, 3.63) is 0 Å². The van der Waals surface area contributed by atoms with E-state index in [2.05, 4.69) is 5.32 Å². The van der Waals surface area contributed by atoms with Gasteiger partial charge in [-0.1, -0.05) is 13.8 Å². The minimum atomic E-state index is -1.29. The molecule has 0 aliphatic carbocycles. The molecule has 0 aliphatic heterocycles. The van der Waals surface area contributed by atoms with Gasteiger partial charge in [0.15, 0.2) is 0 Å². The number of aliphatic carboxylic acids is 2. The van der Waals surface area contributed by atoms with Crippen LogP contribution in [0.25, 0.3) is 0 Å². The predicted molar refractivity (Wildman–Crippen MR) is 65.5 cm³/mol. The lowest BCUT2D eigenvalue weighted by atomic mass is 10.0. The number of carbonyl (C=O) groups is 4. The smallest absolute Gasteiger partial charge is 0.326 e. The monoisotopic (exact) mass is 273 g/mol. The molecule has 0 bridgehead atoms. The van der Waals surface area contributed by atoms with E-state index in [0.29, 0.717) is 0 Å². The van der Waals surface area contributed by atoms with Crippen LogP contribution in [0.1, 0.15) is 39.5 Å². The normalized spacial score (nSPS) is 11.9. The minimum absolute atomic E-state index is 0.0504. The van der Waals surface area contributed by atoms with E-state index in [1.807, 2.05) is 0 Å². The first-order valence-corrected chi connectivity index (χ1v) is 6.00. The van der Waals surface area contributed by atoms with Gasteiger partial charge >= 0.3 is 11.9 Å². The van der Waals surface area contributed by atoms with Gasteiger partial charge in [-0.2, -0.15) is 0 Å². The van der Waals surface area contributed by atoms with E-state index in [1.165, 1.54) is 0 Å². The predicted octanol–water partition coefficient (Wildman–Crippen LogP) is 0.426. The molecule has 0 saturated heterocycles. The van der Waals surface area contributed by atoms with Crippen LogP contribution < -0.4 is 5.32 Å². The molecule has 0 heterocycles. The van der Waals surface area contributed by atoms with Gasteiger partial charge < -0.3 is 15.5 Å². The molecule has 0 radical (unpaired) electrons. The van der Waals surface area contributed by atoms with Crippen LogP contribution in [-0.2, 0) is 19.2 Å². The van der Waals surface area contributed by atoms with Crippen LogP contribution in [0.4, 0.5) is 0 Å². The molecule has 108 valence electrons. The molecule has 0 unspecified atom stereocenters. The van der Waals surface area contributed by atoms with Gasteiger partial charge in [0.1, 0.15) is 11.8 Å². The van der Waals surface area contributed by atoms with Crippen molar-refractivity contribution in [3.8, 4) is 0 Å². The lowest BCUT2D eigenvalue weighted by molar-refractivity contribution is -0.143. The molecular weight excluding hydrogens is 254 g/mol. The highest BCUT2D eigenvalue weighted by molar-refractivity contribution is 5.88. The third-order valence-corrected chi connectivity index (χ3v) is 2.52. The van der Waals surface area contributed by atoms with Crippen LogP contribution >= 0.6 is 0 Å². The number of hydrogen-bond acceptors (Lipinski definition) is 4. The van der Waals surface area contributed by atoms with E-state index in [-0.39, 0.29) is 37.4 Å². The molecule has 0 saturated carbocycles. The van der Waals surface area contributed by atoms with Crippen molar-refractivity contribution in [2.75, 3.05) is 0 Å². The number of ketones is 1. The van der Waals surface area contributed by atoms with Crippen molar-refractivity contribution >= 4 is 23.6 Å². The fourth-order valence-corrected chi connectivity index (χ4v) is 1.32. The first kappa shape index (κ1) is 17.1. The van der Waals surface area contributed by atoms with E-state index in [4.69, 9.17) is 10.2 Å². The second-order valence-electron chi connectivity index (χ2n) is 4.51. The molecule has 7 heteroatoms. The van der Waals surface area contributed by atoms with Crippen LogP contribution in [0, 0.1) is 5.92 Å². The number of carbonyl (C=O) groups excluding carboxylic acids is 2. The van der Waals surface area contributed by atoms with Crippen molar-refractivity contribution in [1.82, 2.24) is 5.32 Å². The average molecular weight is 273 g/mol. The van der Waals surface area contributed by atoms with Gasteiger partial charge in [-0.15, -0.1) is 0 Å². The topological polar surface area (TPSA) is 121 Å². The number of rotatable bonds is 9. The van der Waals surface area contributed by atoms with Crippen LogP contribution in [0.3, 0.4) is 0 Å². The zero-order valence-corrected chi connectivity index (χ0v) is 11.0. The second-order valence-corrected chi connectivity index (χ2v) is 4.51. The highest BCUT2D eigenvalue weighted by Crippen LogP contribution is 2.03. The third-order valence-electron chi connectivity index (χ3n) is 2.52. The Labute approximate surface area is 111 Å². The Hall–Kier alpha value is -1.92. The molecular formula is C12H19NO6. The molecule has 0 rings (SSSR count). The van der Waals surface area contributed by atoms with Gasteiger partial charge in [0.25, 0.3) is 0 Å². The molecule has 19 heavy (non-hydrogen) atoms. The molecule has 0 aliphatic rings. The van der Waals surface area contributed by atoms with Gasteiger partial charge in [-0.25, -0.2) is 4.79 Å². The molecule has 3 N–H and O–H groups in total. The summed E-state index contributed by atoms with van der Waals surface area (Å²) in [5.74, 6) is -3.23. The summed E-state index contributed by atoms with van der Waals surface area (Å²) in [6.07, 6.45) is -0.570. The molecule has 0 fully saturated rings. The van der Waals surface area contributed by atoms with Crippen LogP contribution in [-0.4, -0.2) is 39.9 Å². The Balaban J connectivity index is 4.21. The summed E-state index contributed by atoms with van der Waals surface area (Å²) in [4.78, 5) is 43.9. The van der Waals surface area contributed by atoms with Crippen molar-refractivity contribution in [3.63, 3.8) is 0 Å². The Morgan fingerprint density at radius 2 is 1.58 bits per heavy atom. The lowest BCUT2D eigenvalue weighted by Crippen LogP contribution is -2.41. The zero-order chi connectivity index (χ0) is 15.0. The van der Waals surface area contributed by atoms with Gasteiger partial charge in [0.05, 0.1) is 0 Å². The van der Waals surface area contributed by atoms with Gasteiger partial charge in [0, 0.05) is 25.2 Å². The van der Waals surface area contributed by atoms with Crippen LogP contribution in [0.2, 0.25) is 0 Å². The Morgan fingerprint density at radius 3 is 2.00 bits per heavy atom. The molecule has 0 spiro atoms. The quantitative estimate of drug-likeness (QED) is 0.560. The summed E-state index contributed by atoms with van der Waals surface area (Å²) >= 11 is 0. The van der Waals surface area contributed by atoms with Gasteiger partial charge in [-0.3, -0.25) is 14.4 Å². The number of carboxylic acid groups (broad SMARTS) is 2. The van der Waals surface area contributed by atoms with Gasteiger partial charge in [-0.05, 0) is 6.42 Å². The summed E-state index contributed by atoms with van der Waals surface area (Å²) in [5.41, 5.74) is 0. The highest BCUT2D eigenvalue weighted by Gasteiger charge is 2.21. The second kappa shape index (κ2) is 8.23. The first-order valence-electron chi connectivity index (χ1n) is 6.00. The van der Waals surface area contributed by atoms with E-state index in [0.717, 1.165) is 0 Å². The summed E-state index contributed by atoms with van der Waals surface area (Å²) in [7, 11) is 0. The number of carboxylic acids is 2. The Morgan fingerprint density at radius 1 is 1.00 bits per heavy atom. The van der Waals surface area contributed by atoms with Gasteiger partial charge in [0.2, 0.25) is 5.91 Å². The molecule has 7 nitrogen and oxygen atoms in total. The fraction of sp³-hybridized carbons (Fsp3) is 0.667. The number of nitrogens with one attached hydrogen (secondary N) is 1. The minimum Gasteiger partial charge on any atom is -0.481 e. The number of Topliss-reactive ketones (excluding diaryl/α,β-unsaturated/α-hetero) is 1. The zero-order valence-electron chi connectivity index (χ0n) is 11.0. The Kier molecular flexibility index (Phi) is 7.40. The van der Waals surface area contributed by atoms with E-state index >= 15 is 0 Å². The maximum atomic E-state index is 11.5. The molecule has 1 amide bonds. The van der Waals surface area contributed by atoms with E-state index in [1.54, 1.807) is 13.8 Å². The molecule has 0 aromatic carbocycles. The lowest BCUT2D eigenvalue weighted by Gasteiger charge is -2.13. The highest BCUT2D eigenvalue weighted by atomic mass is 16.4. The van der Waals surface area contributed by atoms with Crippen molar-refractivity contribution in [2.45, 2.75) is 45.6 Å². The van der Waals surface area contributed by atoms with Crippen LogP contribution in [0.5, 0.6) is 0 Å². The summed E-state index contributed by atoms with van der Waals surface area (Å²) in [5, 5.41) is 19.5. The first-order chi connectivity index (χ1) is 8.73. The average Bonchev–Trinajstić information content (AvgIpc) is 2.30. The standard InChI is InChI=1S/C12H19NO6/c1-7(2)9(14)4-5-10(15)13-8(12(18)19)3-6-11(16)17/h7-8H,3-6H2,1-2H3,(H,13,15)(H,16,17)(H,18,19)/t8-/m0/s1. The summed E-state index contributed by atoms with van der Waals surface area (Å²) in [6, 6.07) is -1.24. The van der Waals surface area contributed by atoms with E-state index in [9.17, 15) is 19.2 Å². The van der Waals surface area contributed by atoms with Crippen molar-refractivity contribution in [1.29, 1.82) is 0 Å². The van der Waals surface area contributed by atoms with E-state index < -0.39 is 23.9 Å². The van der Waals surface area contributed by atoms with Crippen LogP contribution in [0.15, 0.2) is 0 Å². The maximum absolute atomic E-state index is 11.5. The fourth-order valence-electron chi connectivity index (χ4n) is 1.32. The third kappa shape index (κ3) is 7.91. The Bertz CT molecular complexity index is 363. The molecule has 0 aromatic heterocycles. The summed E-state index contributed by atoms with van der Waals surface area (Å²) in [6.45, 7) is 3.43. The number of hydrogen-bond donors (Lipinski definition) is 3. The molecule has 0 aromatic rings. The molecule has 1 atom stereocenters. The van der Waals surface area contributed by atoms with Crippen molar-refractivity contribution in [2.24, 2.45) is 5.92 Å². The maximum Gasteiger partial charge on any atom is 0.326 e. The number of amides is 1. The largest absolute Gasteiger partial charge is 0.481 e. The van der Waals surface area contributed by atoms with Crippen molar-refractivity contribution < 1.29 is 29.4 Å².